The maximum absolute atomic E-state index is 9.99. The van der Waals surface area contributed by atoms with E-state index in [1.807, 2.05) is 0 Å². The van der Waals surface area contributed by atoms with E-state index in [-0.39, 0.29) is 36.0 Å². The van der Waals surface area contributed by atoms with E-state index in [9.17, 15) is 19.2 Å². The predicted molar refractivity (Wildman–Crippen MR) is 52.7 cm³/mol. The quantitative estimate of drug-likeness (QED) is 0.423. The molecule has 0 spiro atoms. The van der Waals surface area contributed by atoms with Gasteiger partial charge < -0.3 is 23.4 Å². The van der Waals surface area contributed by atoms with Crippen LogP contribution in [0.2, 0.25) is 0 Å². The second-order valence-electron chi connectivity index (χ2n) is 2.90. The third-order valence-corrected chi connectivity index (χ3v) is 0.892. The molecule has 0 atom stereocenters. The van der Waals surface area contributed by atoms with Crippen molar-refractivity contribution in [2.45, 2.75) is 26.7 Å². The molecule has 7 heteroatoms. The number of hydrogen-bond acceptors (Lipinski definition) is 6. The van der Waals surface area contributed by atoms with E-state index in [1.54, 1.807) is 0 Å². The summed E-state index contributed by atoms with van der Waals surface area (Å²) in [7, 11) is 0. The Morgan fingerprint density at radius 1 is 0.824 bits per heavy atom. The van der Waals surface area contributed by atoms with E-state index in [0.29, 0.717) is 0 Å². The Labute approximate surface area is 108 Å². The number of carbonyl (C=O) groups is 4. The van der Waals surface area contributed by atoms with Crippen LogP contribution in [0.5, 0.6) is 0 Å². The maximum atomic E-state index is 9.99. The standard InChI is InChI=1S/2C5H7O2.Mo.2O/c2*1-4(6)3-5(2)7;;;/h2*1,3H2,2H3;;;/q2*-1;+2;;. The monoisotopic (exact) mass is 328 g/mol. The average molecular weight is 326 g/mol. The van der Waals surface area contributed by atoms with Gasteiger partial charge >= 0.3 is 25.3 Å². The fourth-order valence-electron chi connectivity index (χ4n) is 0.555. The van der Waals surface area contributed by atoms with Crippen LogP contribution < -0.4 is 0 Å². The molecule has 0 saturated heterocycles. The number of hydrogen-bond donors (Lipinski definition) is 0. The molecule has 0 unspecified atom stereocenters. The van der Waals surface area contributed by atoms with Crippen molar-refractivity contribution in [1.82, 2.24) is 0 Å². The fraction of sp³-hybridized carbons (Fsp3) is 0.400. The molecule has 0 amide bonds. The van der Waals surface area contributed by atoms with Crippen LogP contribution in [0.3, 0.4) is 0 Å². The number of rotatable bonds is 4. The Bertz CT molecular complexity index is 265. The summed E-state index contributed by atoms with van der Waals surface area (Å²) in [4.78, 5) is 39.8. The molecule has 96 valence electrons. The summed E-state index contributed by atoms with van der Waals surface area (Å²) in [6, 6.07) is 0. The summed E-state index contributed by atoms with van der Waals surface area (Å²) in [5, 5.41) is 0. The second kappa shape index (κ2) is 14.7. The molecule has 0 aliphatic rings. The van der Waals surface area contributed by atoms with Crippen LogP contribution in [-0.2, 0) is 44.5 Å². The van der Waals surface area contributed by atoms with E-state index < -0.39 is 18.5 Å². The van der Waals surface area contributed by atoms with Crippen molar-refractivity contribution in [1.29, 1.82) is 0 Å². The van der Waals surface area contributed by atoms with Crippen molar-refractivity contribution < 1.29 is 44.5 Å². The Kier molecular flexibility index (Phi) is 18.2. The van der Waals surface area contributed by atoms with Gasteiger partial charge in [0.1, 0.15) is 11.6 Å². The van der Waals surface area contributed by atoms with Crippen molar-refractivity contribution in [2.75, 3.05) is 0 Å². The minimum atomic E-state index is -2.03. The summed E-state index contributed by atoms with van der Waals surface area (Å²) in [6.07, 6.45) is -0.0556. The van der Waals surface area contributed by atoms with Crippen molar-refractivity contribution in [2.24, 2.45) is 0 Å². The molecular weight excluding hydrogens is 312 g/mol. The van der Waals surface area contributed by atoms with Crippen LogP contribution in [0.4, 0.5) is 0 Å². The molecule has 0 radical (unpaired) electrons. The van der Waals surface area contributed by atoms with Gasteiger partial charge in [-0.2, -0.15) is 0 Å². The van der Waals surface area contributed by atoms with E-state index >= 15 is 0 Å². The Balaban J connectivity index is -0.000000188. The van der Waals surface area contributed by atoms with Crippen molar-refractivity contribution in [3.05, 3.63) is 13.8 Å². The van der Waals surface area contributed by atoms with Crippen LogP contribution in [0.25, 0.3) is 0 Å². The topological polar surface area (TPSA) is 102 Å². The summed E-state index contributed by atoms with van der Waals surface area (Å²) in [5.41, 5.74) is 0. The minimum absolute atomic E-state index is 0.0278. The summed E-state index contributed by atoms with van der Waals surface area (Å²) < 4.78 is 17.0. The van der Waals surface area contributed by atoms with Crippen LogP contribution in [0.1, 0.15) is 26.7 Å². The van der Waals surface area contributed by atoms with Crippen molar-refractivity contribution >= 4 is 23.1 Å². The van der Waals surface area contributed by atoms with Gasteiger partial charge in [-0.25, -0.2) is 0 Å². The number of carbonyl (C=O) groups excluding carboxylic acids is 4. The van der Waals surface area contributed by atoms with Gasteiger partial charge in [-0.05, 0) is 13.8 Å². The molecule has 0 aliphatic carbocycles. The molecule has 0 heterocycles. The first-order valence-electron chi connectivity index (χ1n) is 4.27. The molecule has 0 fully saturated rings. The van der Waals surface area contributed by atoms with E-state index in [4.69, 9.17) is 6.80 Å². The molecule has 0 aromatic heterocycles. The fourth-order valence-corrected chi connectivity index (χ4v) is 0.555. The molecule has 0 rings (SSSR count). The van der Waals surface area contributed by atoms with Crippen molar-refractivity contribution in [3.63, 3.8) is 0 Å². The van der Waals surface area contributed by atoms with Gasteiger partial charge in [0.15, 0.2) is 0 Å². The SMILES string of the molecule is [CH2-]C(=O)CC(C)=O.[CH2-]C(=O)CC(C)=O.[O]=[Mo+2]=[O]. The zero-order valence-corrected chi connectivity index (χ0v) is 11.7. The number of Topliss-reactive ketones (excluding diaryl/α,β-unsaturated/α-hetero) is 4. The first kappa shape index (κ1) is 21.0. The van der Waals surface area contributed by atoms with Gasteiger partial charge in [0, 0.05) is 24.4 Å². The molecule has 0 bridgehead atoms. The zero-order valence-electron chi connectivity index (χ0n) is 9.69. The third-order valence-electron chi connectivity index (χ3n) is 0.892. The molecule has 0 saturated carbocycles. The molecule has 17 heavy (non-hydrogen) atoms. The molecule has 0 aliphatic heterocycles. The summed E-state index contributed by atoms with van der Waals surface area (Å²) in [5.74, 6) is -0.875. The first-order chi connectivity index (χ1) is 7.67. The van der Waals surface area contributed by atoms with Gasteiger partial charge in [0.05, 0.1) is 0 Å². The average Bonchev–Trinajstić information content (AvgIpc) is 1.99. The molecule has 0 N–H and O–H groups in total. The van der Waals surface area contributed by atoms with Crippen LogP contribution in [-0.4, -0.2) is 23.1 Å². The van der Waals surface area contributed by atoms with Crippen molar-refractivity contribution in [3.8, 4) is 0 Å². The Morgan fingerprint density at radius 2 is 1.00 bits per heavy atom. The molecule has 6 nitrogen and oxygen atoms in total. The van der Waals surface area contributed by atoms with Crippen LogP contribution in [0.15, 0.2) is 0 Å². The van der Waals surface area contributed by atoms with E-state index in [2.05, 4.69) is 13.8 Å². The Hall–Kier alpha value is -1.29. The first-order valence-corrected chi connectivity index (χ1v) is 5.91. The summed E-state index contributed by atoms with van der Waals surface area (Å²) in [6.45, 7) is 8.77. The van der Waals surface area contributed by atoms with Gasteiger partial charge in [-0.1, -0.05) is 0 Å². The molecule has 0 aromatic carbocycles. The normalized spacial score (nSPS) is 7.18. The van der Waals surface area contributed by atoms with E-state index in [0.717, 1.165) is 0 Å². The van der Waals surface area contributed by atoms with Gasteiger partial charge in [-0.3, -0.25) is 9.59 Å². The molecular formula is C10H14MoO6. The van der Waals surface area contributed by atoms with E-state index in [1.165, 1.54) is 13.8 Å². The zero-order chi connectivity index (χ0) is 14.4. The van der Waals surface area contributed by atoms with Gasteiger partial charge in [0.2, 0.25) is 0 Å². The second-order valence-corrected chi connectivity index (χ2v) is 3.24. The summed E-state index contributed by atoms with van der Waals surface area (Å²) >= 11 is -2.03. The van der Waals surface area contributed by atoms with Crippen LogP contribution >= 0.6 is 0 Å². The van der Waals surface area contributed by atoms with Gasteiger partial charge in [0.25, 0.3) is 0 Å². The Morgan fingerprint density at radius 3 is 1.00 bits per heavy atom. The van der Waals surface area contributed by atoms with Gasteiger partial charge in [-0.15, -0.1) is 0 Å². The third kappa shape index (κ3) is 52.8. The predicted octanol–water partition coefficient (Wildman–Crippen LogP) is 0.497. The number of ketones is 4. The molecule has 0 aromatic rings. The van der Waals surface area contributed by atoms with Crippen LogP contribution in [0, 0.1) is 13.8 Å².